The first-order valence-electron chi connectivity index (χ1n) is 10.1. The number of hydrogen-bond acceptors (Lipinski definition) is 7. The number of hydrogen-bond donors (Lipinski definition) is 1. The molecule has 162 valence electrons. The van der Waals surface area contributed by atoms with Crippen molar-refractivity contribution < 1.29 is 13.2 Å². The molecule has 31 heavy (non-hydrogen) atoms. The SMILES string of the molecule is COc1ccccc1S(=O)(=O)N1CCC[C@@H]1c1ccc(Nc2nc(C)cc(C)n2)cn1. The van der Waals surface area contributed by atoms with Gasteiger partial charge < -0.3 is 10.1 Å². The van der Waals surface area contributed by atoms with E-state index >= 15 is 0 Å². The summed E-state index contributed by atoms with van der Waals surface area (Å²) in [5, 5.41) is 3.15. The van der Waals surface area contributed by atoms with Gasteiger partial charge in [0.05, 0.1) is 30.7 Å². The Balaban J connectivity index is 1.57. The van der Waals surface area contributed by atoms with E-state index in [9.17, 15) is 8.42 Å². The monoisotopic (exact) mass is 439 g/mol. The van der Waals surface area contributed by atoms with Crippen LogP contribution in [0.25, 0.3) is 0 Å². The summed E-state index contributed by atoms with van der Waals surface area (Å²) in [6.45, 7) is 4.28. The number of aromatic nitrogens is 3. The maximum atomic E-state index is 13.4. The Morgan fingerprint density at radius 3 is 2.52 bits per heavy atom. The molecule has 0 radical (unpaired) electrons. The lowest BCUT2D eigenvalue weighted by Gasteiger charge is -2.24. The zero-order chi connectivity index (χ0) is 22.0. The molecular weight excluding hydrogens is 414 g/mol. The average Bonchev–Trinajstić information content (AvgIpc) is 3.24. The second-order valence-electron chi connectivity index (χ2n) is 7.50. The molecule has 0 bridgehead atoms. The molecule has 1 aliphatic heterocycles. The highest BCUT2D eigenvalue weighted by Gasteiger charge is 2.38. The van der Waals surface area contributed by atoms with E-state index in [1.165, 1.54) is 11.4 Å². The number of sulfonamides is 1. The van der Waals surface area contributed by atoms with Crippen molar-refractivity contribution in [2.24, 2.45) is 0 Å². The van der Waals surface area contributed by atoms with Crippen LogP contribution in [0.3, 0.4) is 0 Å². The van der Waals surface area contributed by atoms with Gasteiger partial charge in [-0.25, -0.2) is 18.4 Å². The number of aryl methyl sites for hydroxylation is 2. The number of methoxy groups -OCH3 is 1. The summed E-state index contributed by atoms with van der Waals surface area (Å²) < 4.78 is 33.5. The molecule has 1 aromatic carbocycles. The van der Waals surface area contributed by atoms with Gasteiger partial charge in [0, 0.05) is 17.9 Å². The predicted octanol–water partition coefficient (Wildman–Crippen LogP) is 3.77. The standard InChI is InChI=1S/C22H25N5O3S/c1-15-13-16(2)25-22(24-15)26-17-10-11-18(23-14-17)19-7-6-12-27(19)31(28,29)21-9-5-4-8-20(21)30-3/h4-5,8-11,13-14,19H,6-7,12H2,1-3H3,(H,24,25,26)/t19-/m1/s1. The fourth-order valence-corrected chi connectivity index (χ4v) is 5.70. The molecule has 0 amide bonds. The molecule has 8 nitrogen and oxygen atoms in total. The summed E-state index contributed by atoms with van der Waals surface area (Å²) in [5.41, 5.74) is 3.21. The Morgan fingerprint density at radius 2 is 1.84 bits per heavy atom. The van der Waals surface area contributed by atoms with Gasteiger partial charge in [0.15, 0.2) is 0 Å². The van der Waals surface area contributed by atoms with Crippen LogP contribution < -0.4 is 10.1 Å². The third-order valence-corrected chi connectivity index (χ3v) is 7.17. The van der Waals surface area contributed by atoms with Gasteiger partial charge in [-0.2, -0.15) is 4.31 Å². The van der Waals surface area contributed by atoms with E-state index in [2.05, 4.69) is 20.3 Å². The van der Waals surface area contributed by atoms with E-state index in [1.54, 1.807) is 30.5 Å². The fourth-order valence-electron chi connectivity index (χ4n) is 3.87. The van der Waals surface area contributed by atoms with Crippen LogP contribution in [0, 0.1) is 13.8 Å². The first-order chi connectivity index (χ1) is 14.9. The molecule has 0 unspecified atom stereocenters. The normalized spacial score (nSPS) is 16.9. The highest BCUT2D eigenvalue weighted by Crippen LogP contribution is 2.38. The Kier molecular flexibility index (Phi) is 5.88. The molecule has 9 heteroatoms. The topological polar surface area (TPSA) is 97.3 Å². The number of ether oxygens (including phenoxy) is 1. The van der Waals surface area contributed by atoms with Gasteiger partial charge in [0.2, 0.25) is 16.0 Å². The van der Waals surface area contributed by atoms with Crippen LogP contribution in [0.4, 0.5) is 11.6 Å². The van der Waals surface area contributed by atoms with Crippen molar-refractivity contribution in [3.63, 3.8) is 0 Å². The predicted molar refractivity (Wildman–Crippen MR) is 118 cm³/mol. The molecule has 0 aliphatic carbocycles. The molecule has 1 atom stereocenters. The van der Waals surface area contributed by atoms with Crippen LogP contribution in [0.5, 0.6) is 5.75 Å². The summed E-state index contributed by atoms with van der Waals surface area (Å²) in [6.07, 6.45) is 3.17. The minimum Gasteiger partial charge on any atom is -0.495 e. The highest BCUT2D eigenvalue weighted by atomic mass is 32.2. The maximum Gasteiger partial charge on any atom is 0.247 e. The third kappa shape index (κ3) is 4.38. The Morgan fingerprint density at radius 1 is 1.10 bits per heavy atom. The van der Waals surface area contributed by atoms with Crippen LogP contribution in [0.1, 0.15) is 36.0 Å². The lowest BCUT2D eigenvalue weighted by atomic mass is 10.1. The maximum absolute atomic E-state index is 13.4. The van der Waals surface area contributed by atoms with Crippen LogP contribution in [-0.4, -0.2) is 41.3 Å². The lowest BCUT2D eigenvalue weighted by Crippen LogP contribution is -2.31. The first-order valence-corrected chi connectivity index (χ1v) is 11.5. The van der Waals surface area contributed by atoms with Gasteiger partial charge in [0.1, 0.15) is 10.6 Å². The molecule has 3 heterocycles. The van der Waals surface area contributed by atoms with Gasteiger partial charge in [-0.3, -0.25) is 4.98 Å². The molecule has 1 aliphatic rings. The largest absolute Gasteiger partial charge is 0.495 e. The van der Waals surface area contributed by atoms with Gasteiger partial charge in [-0.05, 0) is 57.0 Å². The first kappa shape index (κ1) is 21.2. The highest BCUT2D eigenvalue weighted by molar-refractivity contribution is 7.89. The molecular formula is C22H25N5O3S. The van der Waals surface area contributed by atoms with E-state index < -0.39 is 10.0 Å². The summed E-state index contributed by atoms with van der Waals surface area (Å²) in [7, 11) is -2.24. The molecule has 2 aromatic heterocycles. The van der Waals surface area contributed by atoms with Gasteiger partial charge in [0.25, 0.3) is 0 Å². The van der Waals surface area contributed by atoms with Crippen molar-refractivity contribution in [1.82, 2.24) is 19.3 Å². The molecule has 3 aromatic rings. The third-order valence-electron chi connectivity index (χ3n) is 5.23. The summed E-state index contributed by atoms with van der Waals surface area (Å²) in [6, 6.07) is 12.0. The number of anilines is 2. The van der Waals surface area contributed by atoms with E-state index in [0.29, 0.717) is 30.4 Å². The molecule has 0 saturated carbocycles. The van der Waals surface area contributed by atoms with Gasteiger partial charge >= 0.3 is 0 Å². The summed E-state index contributed by atoms with van der Waals surface area (Å²) in [4.78, 5) is 13.5. The smallest absolute Gasteiger partial charge is 0.247 e. The minimum atomic E-state index is -3.71. The zero-order valence-electron chi connectivity index (χ0n) is 17.7. The van der Waals surface area contributed by atoms with Crippen LogP contribution in [-0.2, 0) is 10.0 Å². The summed E-state index contributed by atoms with van der Waals surface area (Å²) in [5.74, 6) is 0.849. The van der Waals surface area contributed by atoms with Crippen molar-refractivity contribution in [1.29, 1.82) is 0 Å². The number of para-hydroxylation sites is 1. The Hall–Kier alpha value is -3.04. The summed E-state index contributed by atoms with van der Waals surface area (Å²) >= 11 is 0. The Bertz CT molecular complexity index is 1160. The van der Waals surface area contributed by atoms with Crippen molar-refractivity contribution in [3.8, 4) is 5.75 Å². The van der Waals surface area contributed by atoms with Crippen LogP contribution in [0.15, 0.2) is 53.6 Å². The molecule has 1 saturated heterocycles. The fraction of sp³-hybridized carbons (Fsp3) is 0.318. The second-order valence-corrected chi connectivity index (χ2v) is 9.35. The number of benzene rings is 1. The number of nitrogens with zero attached hydrogens (tertiary/aromatic N) is 4. The van der Waals surface area contributed by atoms with Crippen LogP contribution >= 0.6 is 0 Å². The lowest BCUT2D eigenvalue weighted by molar-refractivity contribution is 0.377. The van der Waals surface area contributed by atoms with E-state index in [1.807, 2.05) is 32.0 Å². The van der Waals surface area contributed by atoms with Crippen molar-refractivity contribution in [2.75, 3.05) is 19.0 Å². The van der Waals surface area contributed by atoms with Crippen molar-refractivity contribution >= 4 is 21.7 Å². The second kappa shape index (κ2) is 8.60. The van der Waals surface area contributed by atoms with Gasteiger partial charge in [-0.15, -0.1) is 0 Å². The molecule has 1 N–H and O–H groups in total. The van der Waals surface area contributed by atoms with Crippen molar-refractivity contribution in [3.05, 3.63) is 65.7 Å². The molecule has 1 fully saturated rings. The number of nitrogens with one attached hydrogen (secondary N) is 1. The average molecular weight is 440 g/mol. The van der Waals surface area contributed by atoms with E-state index in [4.69, 9.17) is 4.74 Å². The number of pyridine rings is 1. The zero-order valence-corrected chi connectivity index (χ0v) is 18.6. The van der Waals surface area contributed by atoms with E-state index in [0.717, 1.165) is 23.5 Å². The van der Waals surface area contributed by atoms with Crippen molar-refractivity contribution in [2.45, 2.75) is 37.6 Å². The van der Waals surface area contributed by atoms with Crippen LogP contribution in [0.2, 0.25) is 0 Å². The Labute approximate surface area is 182 Å². The van der Waals surface area contributed by atoms with Gasteiger partial charge in [-0.1, -0.05) is 12.1 Å². The quantitative estimate of drug-likeness (QED) is 0.624. The molecule has 4 rings (SSSR count). The molecule has 0 spiro atoms. The number of rotatable bonds is 6. The minimum absolute atomic E-state index is 0.176. The van der Waals surface area contributed by atoms with E-state index in [-0.39, 0.29) is 10.9 Å².